The van der Waals surface area contributed by atoms with Crippen molar-refractivity contribution in [3.63, 3.8) is 0 Å². The highest BCUT2D eigenvalue weighted by Crippen LogP contribution is 2.63. The Morgan fingerprint density at radius 2 is 0.694 bits per heavy atom. The summed E-state index contributed by atoms with van der Waals surface area (Å²) in [5.41, 5.74) is 8.62. The molecule has 4 aliphatic rings. The van der Waals surface area contributed by atoms with Gasteiger partial charge in [0.2, 0.25) is 0 Å². The van der Waals surface area contributed by atoms with E-state index in [0.717, 1.165) is 44.5 Å². The minimum absolute atomic E-state index is 0.172. The molecule has 0 fully saturated rings. The summed E-state index contributed by atoms with van der Waals surface area (Å²) in [5, 5.41) is 0. The summed E-state index contributed by atoms with van der Waals surface area (Å²) in [6, 6.07) is 38.1. The summed E-state index contributed by atoms with van der Waals surface area (Å²) < 4.78 is 22.2. The van der Waals surface area contributed by atoms with Crippen LogP contribution in [0.5, 0.6) is 23.0 Å². The van der Waals surface area contributed by atoms with Crippen molar-refractivity contribution in [2.24, 2.45) is 0 Å². The Morgan fingerprint density at radius 1 is 0.347 bits per heavy atom. The molecule has 0 bridgehead atoms. The summed E-state index contributed by atoms with van der Waals surface area (Å²) in [6.45, 7) is 0. The van der Waals surface area contributed by atoms with Crippen LogP contribution in [-0.2, 0) is 14.9 Å². The van der Waals surface area contributed by atoms with Gasteiger partial charge in [0, 0.05) is 0 Å². The van der Waals surface area contributed by atoms with Crippen molar-refractivity contribution in [3.05, 3.63) is 166 Å². The fourth-order valence-electron chi connectivity index (χ4n) is 7.75. The van der Waals surface area contributed by atoms with E-state index in [2.05, 4.69) is 36.4 Å². The van der Waals surface area contributed by atoms with Gasteiger partial charge in [-0.2, -0.15) is 0 Å². The molecule has 0 unspecified atom stereocenters. The van der Waals surface area contributed by atoms with E-state index in [1.807, 2.05) is 48.5 Å². The average molecular weight is 641 g/mol. The number of hydrogen-bond acceptors (Lipinski definition) is 8. The zero-order valence-electron chi connectivity index (χ0n) is 25.3. The number of ether oxygens (including phenoxy) is 4. The van der Waals surface area contributed by atoms with Gasteiger partial charge in [0.15, 0.2) is 0 Å². The molecule has 0 N–H and O–H groups in total. The maximum absolute atomic E-state index is 12.2. The highest BCUT2D eigenvalue weighted by atomic mass is 16.6. The number of cyclic esters (lactones) is 4. The standard InChI is InChI=1S/C41H20O8/c42-37-29-15-11-21(17-31(29)39(44)48-37)46-23-9-13-27-25-5-1-3-7-33(25)41(35(27)19-23)34-8-4-2-6-26(34)28-14-10-24(20-36(28)41)47-22-12-16-30-32(18-22)40(45)49-38(30)43/h1-20H. The molecule has 2 aliphatic carbocycles. The minimum atomic E-state index is -0.723. The zero-order chi connectivity index (χ0) is 33.0. The molecule has 6 aromatic rings. The van der Waals surface area contributed by atoms with Gasteiger partial charge < -0.3 is 18.9 Å². The first-order valence-corrected chi connectivity index (χ1v) is 15.6. The van der Waals surface area contributed by atoms with Gasteiger partial charge in [-0.05, 0) is 105 Å². The molecule has 8 heteroatoms. The van der Waals surface area contributed by atoms with Gasteiger partial charge in [-0.1, -0.05) is 60.7 Å². The van der Waals surface area contributed by atoms with Crippen molar-refractivity contribution < 1.29 is 38.1 Å². The van der Waals surface area contributed by atoms with Crippen LogP contribution in [0.25, 0.3) is 22.3 Å². The minimum Gasteiger partial charge on any atom is -0.457 e. The second-order valence-electron chi connectivity index (χ2n) is 12.2. The maximum Gasteiger partial charge on any atom is 0.347 e. The Hall–Kier alpha value is -6.80. The molecule has 49 heavy (non-hydrogen) atoms. The molecule has 2 aliphatic heterocycles. The highest BCUT2D eigenvalue weighted by molar-refractivity contribution is 6.15. The van der Waals surface area contributed by atoms with E-state index in [1.54, 1.807) is 12.1 Å². The molecule has 0 radical (unpaired) electrons. The van der Waals surface area contributed by atoms with Crippen molar-refractivity contribution in [2.45, 2.75) is 5.41 Å². The van der Waals surface area contributed by atoms with E-state index < -0.39 is 29.3 Å². The Balaban J connectivity index is 1.13. The molecule has 0 saturated heterocycles. The monoisotopic (exact) mass is 640 g/mol. The second-order valence-corrected chi connectivity index (χ2v) is 12.2. The Labute approximate surface area is 278 Å². The quantitative estimate of drug-likeness (QED) is 0.140. The lowest BCUT2D eigenvalue weighted by atomic mass is 9.70. The Bertz CT molecular complexity index is 2370. The predicted octanol–water partition coefficient (Wildman–Crippen LogP) is 8.24. The molecule has 0 saturated carbocycles. The molecule has 6 aromatic carbocycles. The second kappa shape index (κ2) is 9.62. The molecule has 2 heterocycles. The first-order valence-electron chi connectivity index (χ1n) is 15.6. The average Bonchev–Trinajstić information content (AvgIpc) is 3.78. The number of rotatable bonds is 4. The van der Waals surface area contributed by atoms with Crippen molar-refractivity contribution in [1.29, 1.82) is 0 Å². The normalized spacial score (nSPS) is 15.2. The summed E-state index contributed by atoms with van der Waals surface area (Å²) in [5.74, 6) is -0.809. The van der Waals surface area contributed by atoms with Gasteiger partial charge in [-0.25, -0.2) is 19.2 Å². The van der Waals surface area contributed by atoms with Crippen molar-refractivity contribution in [1.82, 2.24) is 0 Å². The highest BCUT2D eigenvalue weighted by Gasteiger charge is 2.52. The SMILES string of the molecule is O=C1OC(=O)c2cc(Oc3ccc4c(c3)C3(c5ccccc5-4)c4ccccc4-c4ccc(Oc5ccc6c(c5)C(=O)OC6=O)cc43)ccc21. The van der Waals surface area contributed by atoms with Crippen LogP contribution < -0.4 is 9.47 Å². The van der Waals surface area contributed by atoms with Crippen molar-refractivity contribution >= 4 is 23.9 Å². The molecule has 10 rings (SSSR count). The van der Waals surface area contributed by atoms with Gasteiger partial charge in [-0.3, -0.25) is 0 Å². The first-order chi connectivity index (χ1) is 23.9. The third-order valence-electron chi connectivity index (χ3n) is 9.74. The lowest BCUT2D eigenvalue weighted by Crippen LogP contribution is -2.25. The van der Waals surface area contributed by atoms with Crippen LogP contribution >= 0.6 is 0 Å². The molecule has 0 amide bonds. The molecular weight excluding hydrogens is 620 g/mol. The van der Waals surface area contributed by atoms with Gasteiger partial charge in [-0.15, -0.1) is 0 Å². The van der Waals surface area contributed by atoms with E-state index in [9.17, 15) is 19.2 Å². The van der Waals surface area contributed by atoms with Crippen LogP contribution in [0.4, 0.5) is 0 Å². The largest absolute Gasteiger partial charge is 0.457 e. The van der Waals surface area contributed by atoms with Gasteiger partial charge in [0.05, 0.1) is 27.7 Å². The molecule has 8 nitrogen and oxygen atoms in total. The maximum atomic E-state index is 12.2. The van der Waals surface area contributed by atoms with E-state index in [1.165, 1.54) is 24.3 Å². The molecule has 0 aromatic heterocycles. The number of carbonyl (C=O) groups is 4. The number of hydrogen-bond donors (Lipinski definition) is 0. The predicted molar refractivity (Wildman–Crippen MR) is 175 cm³/mol. The van der Waals surface area contributed by atoms with Gasteiger partial charge >= 0.3 is 23.9 Å². The van der Waals surface area contributed by atoms with Crippen molar-refractivity contribution in [3.8, 4) is 45.3 Å². The molecule has 0 atom stereocenters. The fourth-order valence-corrected chi connectivity index (χ4v) is 7.75. The lowest BCUT2D eigenvalue weighted by Gasteiger charge is -2.30. The van der Waals surface area contributed by atoms with Gasteiger partial charge in [0.25, 0.3) is 0 Å². The van der Waals surface area contributed by atoms with Crippen LogP contribution in [0.1, 0.15) is 63.7 Å². The molecule has 1 spiro atoms. The Morgan fingerprint density at radius 3 is 1.14 bits per heavy atom. The number of benzene rings is 6. The Kier molecular flexibility index (Phi) is 5.36. The van der Waals surface area contributed by atoms with E-state index >= 15 is 0 Å². The van der Waals surface area contributed by atoms with Crippen LogP contribution in [0, 0.1) is 0 Å². The summed E-state index contributed by atoms with van der Waals surface area (Å²) in [6.07, 6.45) is 0. The van der Waals surface area contributed by atoms with Crippen LogP contribution in [-0.4, -0.2) is 23.9 Å². The number of carbonyl (C=O) groups excluding carboxylic acids is 4. The van der Waals surface area contributed by atoms with Crippen LogP contribution in [0.15, 0.2) is 121 Å². The van der Waals surface area contributed by atoms with Crippen LogP contribution in [0.3, 0.4) is 0 Å². The first kappa shape index (κ1) is 27.3. The number of esters is 4. The zero-order valence-corrected chi connectivity index (χ0v) is 25.3. The van der Waals surface area contributed by atoms with Crippen molar-refractivity contribution in [2.75, 3.05) is 0 Å². The smallest absolute Gasteiger partial charge is 0.347 e. The topological polar surface area (TPSA) is 105 Å². The van der Waals surface area contributed by atoms with E-state index in [4.69, 9.17) is 18.9 Å². The van der Waals surface area contributed by atoms with E-state index in [-0.39, 0.29) is 22.3 Å². The third-order valence-corrected chi connectivity index (χ3v) is 9.74. The van der Waals surface area contributed by atoms with E-state index in [0.29, 0.717) is 23.0 Å². The molecule has 232 valence electrons. The van der Waals surface area contributed by atoms with Gasteiger partial charge in [0.1, 0.15) is 23.0 Å². The molecular formula is C41H20O8. The fraction of sp³-hybridized carbons (Fsp3) is 0.0244. The lowest BCUT2D eigenvalue weighted by molar-refractivity contribution is 0.0425. The third kappa shape index (κ3) is 3.68. The summed E-state index contributed by atoms with van der Waals surface area (Å²) in [4.78, 5) is 48.5. The summed E-state index contributed by atoms with van der Waals surface area (Å²) >= 11 is 0. The number of fused-ring (bicyclic) bond motifs is 12. The summed E-state index contributed by atoms with van der Waals surface area (Å²) in [7, 11) is 0. The van der Waals surface area contributed by atoms with Crippen LogP contribution in [0.2, 0.25) is 0 Å².